The van der Waals surface area contributed by atoms with E-state index in [1.807, 2.05) is 0 Å². The summed E-state index contributed by atoms with van der Waals surface area (Å²) in [4.78, 5) is 18.3. The van der Waals surface area contributed by atoms with E-state index in [9.17, 15) is 23.1 Å². The zero-order valence-electron chi connectivity index (χ0n) is 15.5. The number of alkyl halides is 3. The topological polar surface area (TPSA) is 65.5 Å². The Hall–Kier alpha value is -2.61. The molecule has 8 heteroatoms. The van der Waals surface area contributed by atoms with Gasteiger partial charge in [0.25, 0.3) is 5.91 Å². The van der Waals surface area contributed by atoms with Crippen LogP contribution < -0.4 is 5.32 Å². The lowest BCUT2D eigenvalue weighted by molar-refractivity contribution is -0.137. The third-order valence-electron chi connectivity index (χ3n) is 4.92. The number of amides is 1. The summed E-state index contributed by atoms with van der Waals surface area (Å²) < 4.78 is 38.5. The van der Waals surface area contributed by atoms with Crippen LogP contribution in [0.15, 0.2) is 36.5 Å². The van der Waals surface area contributed by atoms with E-state index in [-0.39, 0.29) is 17.5 Å². The first kappa shape index (κ1) is 20.1. The standard InChI is InChI=1S/C20H22F3N3O2/c1-13-5-8-24-17(18(13)27)19(28)25-16-6-9-26(10-7-16)12-14-3-2-4-15(11-14)20(21,22)23/h2-5,8,11,16,27H,6-7,9-10,12H2,1H3,(H,25,28). The first-order valence-electron chi connectivity index (χ1n) is 9.08. The Bertz CT molecular complexity index is 847. The van der Waals surface area contributed by atoms with Gasteiger partial charge in [-0.2, -0.15) is 13.2 Å². The van der Waals surface area contributed by atoms with Crippen LogP contribution >= 0.6 is 0 Å². The van der Waals surface area contributed by atoms with Gasteiger partial charge in [0.15, 0.2) is 5.69 Å². The van der Waals surface area contributed by atoms with Crippen molar-refractivity contribution in [1.29, 1.82) is 0 Å². The van der Waals surface area contributed by atoms with Gasteiger partial charge in [-0.05, 0) is 43.0 Å². The molecule has 1 aromatic carbocycles. The Morgan fingerprint density at radius 2 is 2.00 bits per heavy atom. The maximum Gasteiger partial charge on any atom is 0.416 e. The van der Waals surface area contributed by atoms with Crippen LogP contribution in [-0.4, -0.2) is 40.0 Å². The van der Waals surface area contributed by atoms with Crippen molar-refractivity contribution in [2.24, 2.45) is 0 Å². The number of aryl methyl sites for hydroxylation is 1. The second kappa shape index (κ2) is 8.18. The number of hydrogen-bond donors (Lipinski definition) is 2. The van der Waals surface area contributed by atoms with E-state index >= 15 is 0 Å². The number of rotatable bonds is 4. The number of aromatic nitrogens is 1. The minimum absolute atomic E-state index is 0.00592. The van der Waals surface area contributed by atoms with Crippen LogP contribution in [-0.2, 0) is 12.7 Å². The lowest BCUT2D eigenvalue weighted by Crippen LogP contribution is -2.44. The predicted molar refractivity (Wildman–Crippen MR) is 97.8 cm³/mol. The lowest BCUT2D eigenvalue weighted by atomic mass is 10.0. The molecule has 1 amide bonds. The fourth-order valence-corrected chi connectivity index (χ4v) is 3.31. The lowest BCUT2D eigenvalue weighted by Gasteiger charge is -2.32. The van der Waals surface area contributed by atoms with Crippen molar-refractivity contribution in [2.45, 2.75) is 38.5 Å². The summed E-state index contributed by atoms with van der Waals surface area (Å²) in [5.41, 5.74) is 0.561. The van der Waals surface area contributed by atoms with Gasteiger partial charge in [-0.1, -0.05) is 18.2 Å². The molecule has 1 fully saturated rings. The Morgan fingerprint density at radius 3 is 2.68 bits per heavy atom. The number of likely N-dealkylation sites (tertiary alicyclic amines) is 1. The molecule has 2 N–H and O–H groups in total. The highest BCUT2D eigenvalue weighted by atomic mass is 19.4. The summed E-state index contributed by atoms with van der Waals surface area (Å²) in [7, 11) is 0. The number of piperidine rings is 1. The van der Waals surface area contributed by atoms with Crippen molar-refractivity contribution in [2.75, 3.05) is 13.1 Å². The Kier molecular flexibility index (Phi) is 5.88. The molecule has 28 heavy (non-hydrogen) atoms. The summed E-state index contributed by atoms with van der Waals surface area (Å²) in [5, 5.41) is 12.9. The number of hydrogen-bond acceptors (Lipinski definition) is 4. The largest absolute Gasteiger partial charge is 0.505 e. The van der Waals surface area contributed by atoms with Crippen molar-refractivity contribution >= 4 is 5.91 Å². The van der Waals surface area contributed by atoms with Gasteiger partial charge in [0.1, 0.15) is 5.75 Å². The van der Waals surface area contributed by atoms with Gasteiger partial charge in [-0.25, -0.2) is 4.98 Å². The van der Waals surface area contributed by atoms with Crippen LogP contribution in [0.25, 0.3) is 0 Å². The molecule has 0 radical (unpaired) electrons. The summed E-state index contributed by atoms with van der Waals surface area (Å²) in [5.74, 6) is -0.542. The van der Waals surface area contributed by atoms with E-state index < -0.39 is 17.6 Å². The molecule has 0 aliphatic carbocycles. The van der Waals surface area contributed by atoms with Gasteiger partial charge in [0, 0.05) is 31.9 Å². The fraction of sp³-hybridized carbons (Fsp3) is 0.400. The molecule has 0 spiro atoms. The van der Waals surface area contributed by atoms with Gasteiger partial charge >= 0.3 is 6.18 Å². The molecule has 0 bridgehead atoms. The molecular formula is C20H22F3N3O2. The smallest absolute Gasteiger partial charge is 0.416 e. The quantitative estimate of drug-likeness (QED) is 0.834. The summed E-state index contributed by atoms with van der Waals surface area (Å²) in [6, 6.07) is 6.92. The third kappa shape index (κ3) is 4.81. The highest BCUT2D eigenvalue weighted by Crippen LogP contribution is 2.30. The molecule has 1 aromatic heterocycles. The van der Waals surface area contributed by atoms with Crippen LogP contribution in [0.5, 0.6) is 5.75 Å². The average molecular weight is 393 g/mol. The van der Waals surface area contributed by atoms with E-state index in [4.69, 9.17) is 0 Å². The number of carbonyl (C=O) groups is 1. The molecular weight excluding hydrogens is 371 g/mol. The van der Waals surface area contributed by atoms with E-state index in [1.165, 1.54) is 18.3 Å². The second-order valence-electron chi connectivity index (χ2n) is 7.05. The van der Waals surface area contributed by atoms with Crippen LogP contribution in [0.1, 0.15) is 40.0 Å². The van der Waals surface area contributed by atoms with E-state index in [0.717, 1.165) is 6.07 Å². The molecule has 0 unspecified atom stereocenters. The average Bonchev–Trinajstić information content (AvgIpc) is 2.65. The van der Waals surface area contributed by atoms with Crippen molar-refractivity contribution in [3.63, 3.8) is 0 Å². The Labute approximate surface area is 161 Å². The monoisotopic (exact) mass is 393 g/mol. The molecule has 1 aliphatic rings. The predicted octanol–water partition coefficient (Wildman–Crippen LogP) is 3.51. The second-order valence-corrected chi connectivity index (χ2v) is 7.05. The molecule has 2 aromatic rings. The van der Waals surface area contributed by atoms with Crippen LogP contribution in [0, 0.1) is 6.92 Å². The number of nitrogens with one attached hydrogen (secondary N) is 1. The van der Waals surface area contributed by atoms with E-state index in [0.29, 0.717) is 43.6 Å². The molecule has 1 saturated heterocycles. The maximum atomic E-state index is 12.8. The first-order chi connectivity index (χ1) is 13.2. The third-order valence-corrected chi connectivity index (χ3v) is 4.92. The normalized spacial score (nSPS) is 16.1. The number of halogens is 3. The SMILES string of the molecule is Cc1ccnc(C(=O)NC2CCN(Cc3cccc(C(F)(F)F)c3)CC2)c1O. The van der Waals surface area contributed by atoms with Gasteiger partial charge in [-0.15, -0.1) is 0 Å². The van der Waals surface area contributed by atoms with Crippen molar-refractivity contribution in [3.8, 4) is 5.75 Å². The van der Waals surface area contributed by atoms with Crippen LogP contribution in [0.4, 0.5) is 13.2 Å². The molecule has 0 atom stereocenters. The molecule has 150 valence electrons. The molecule has 1 aliphatic heterocycles. The summed E-state index contributed by atoms with van der Waals surface area (Å²) in [6.07, 6.45) is -1.52. The summed E-state index contributed by atoms with van der Waals surface area (Å²) >= 11 is 0. The number of carbonyl (C=O) groups excluding carboxylic acids is 1. The molecule has 0 saturated carbocycles. The Balaban J connectivity index is 1.54. The first-order valence-corrected chi connectivity index (χ1v) is 9.08. The zero-order valence-corrected chi connectivity index (χ0v) is 15.5. The molecule has 3 rings (SSSR count). The summed E-state index contributed by atoms with van der Waals surface area (Å²) in [6.45, 7) is 3.45. The van der Waals surface area contributed by atoms with Gasteiger partial charge < -0.3 is 10.4 Å². The number of pyridine rings is 1. The van der Waals surface area contributed by atoms with Gasteiger partial charge in [-0.3, -0.25) is 9.69 Å². The molecule has 2 heterocycles. The number of aromatic hydroxyl groups is 1. The fourth-order valence-electron chi connectivity index (χ4n) is 3.31. The highest BCUT2D eigenvalue weighted by Gasteiger charge is 2.30. The minimum Gasteiger partial charge on any atom is -0.505 e. The zero-order chi connectivity index (χ0) is 20.3. The Morgan fingerprint density at radius 1 is 1.29 bits per heavy atom. The van der Waals surface area contributed by atoms with Crippen LogP contribution in [0.2, 0.25) is 0 Å². The maximum absolute atomic E-state index is 12.8. The van der Waals surface area contributed by atoms with Crippen LogP contribution in [0.3, 0.4) is 0 Å². The number of benzene rings is 1. The van der Waals surface area contributed by atoms with Gasteiger partial charge in [0.05, 0.1) is 5.56 Å². The highest BCUT2D eigenvalue weighted by molar-refractivity contribution is 5.95. The minimum atomic E-state index is -4.34. The van der Waals surface area contributed by atoms with Crippen molar-refractivity contribution < 1.29 is 23.1 Å². The van der Waals surface area contributed by atoms with Crippen molar-refractivity contribution in [3.05, 3.63) is 58.9 Å². The van der Waals surface area contributed by atoms with E-state index in [1.54, 1.807) is 19.1 Å². The van der Waals surface area contributed by atoms with Gasteiger partial charge in [0.2, 0.25) is 0 Å². The number of nitrogens with zero attached hydrogens (tertiary/aromatic N) is 2. The van der Waals surface area contributed by atoms with E-state index in [2.05, 4.69) is 15.2 Å². The molecule has 5 nitrogen and oxygen atoms in total. The van der Waals surface area contributed by atoms with Crippen molar-refractivity contribution in [1.82, 2.24) is 15.2 Å².